The molecule has 0 saturated heterocycles. The lowest BCUT2D eigenvalue weighted by atomic mass is 10.2. The Balaban J connectivity index is 1.89. The number of nitrogens with zero attached hydrogens (tertiary/aromatic N) is 2. The molecule has 2 aromatic heterocycles. The first-order valence-corrected chi connectivity index (χ1v) is 6.72. The van der Waals surface area contributed by atoms with Crippen molar-refractivity contribution >= 4 is 38.6 Å². The molecule has 0 aliphatic heterocycles. The standard InChI is InChI=1S/C14H10BrN3O2/c1-8-17-11-7-9(4-5-12(11)20-8)18-14(19)10-3-2-6-16-13(10)15/h2-7H,1H3,(H,18,19). The van der Waals surface area contributed by atoms with Gasteiger partial charge in [-0.3, -0.25) is 4.79 Å². The molecule has 0 unspecified atom stereocenters. The van der Waals surface area contributed by atoms with Crippen LogP contribution in [0, 0.1) is 6.92 Å². The van der Waals surface area contributed by atoms with E-state index in [1.807, 2.05) is 0 Å². The van der Waals surface area contributed by atoms with Crippen molar-refractivity contribution in [2.45, 2.75) is 6.92 Å². The van der Waals surface area contributed by atoms with E-state index in [1.54, 1.807) is 43.5 Å². The normalized spacial score (nSPS) is 10.7. The van der Waals surface area contributed by atoms with Gasteiger partial charge in [0.15, 0.2) is 11.5 Å². The van der Waals surface area contributed by atoms with Crippen LogP contribution in [-0.4, -0.2) is 15.9 Å². The lowest BCUT2D eigenvalue weighted by molar-refractivity contribution is 0.102. The predicted octanol–water partition coefficient (Wildman–Crippen LogP) is 3.55. The van der Waals surface area contributed by atoms with E-state index >= 15 is 0 Å². The van der Waals surface area contributed by atoms with Crippen LogP contribution in [0.5, 0.6) is 0 Å². The summed E-state index contributed by atoms with van der Waals surface area (Å²) in [4.78, 5) is 20.4. The smallest absolute Gasteiger partial charge is 0.258 e. The molecule has 1 aromatic carbocycles. The van der Waals surface area contributed by atoms with Crippen molar-refractivity contribution in [3.8, 4) is 0 Å². The molecular weight excluding hydrogens is 322 g/mol. The topological polar surface area (TPSA) is 68.0 Å². The number of carbonyl (C=O) groups excluding carboxylic acids is 1. The molecule has 0 spiro atoms. The van der Waals surface area contributed by atoms with Gasteiger partial charge in [-0.2, -0.15) is 0 Å². The Morgan fingerprint density at radius 3 is 3.00 bits per heavy atom. The third-order valence-electron chi connectivity index (χ3n) is 2.76. The van der Waals surface area contributed by atoms with Crippen LogP contribution < -0.4 is 5.32 Å². The molecule has 3 rings (SSSR count). The number of benzene rings is 1. The molecule has 0 atom stereocenters. The van der Waals surface area contributed by atoms with Gasteiger partial charge in [0, 0.05) is 18.8 Å². The number of halogens is 1. The highest BCUT2D eigenvalue weighted by atomic mass is 79.9. The Hall–Kier alpha value is -2.21. The molecule has 0 aliphatic rings. The summed E-state index contributed by atoms with van der Waals surface area (Å²) in [6.45, 7) is 1.78. The monoisotopic (exact) mass is 331 g/mol. The molecule has 0 aliphatic carbocycles. The summed E-state index contributed by atoms with van der Waals surface area (Å²) < 4.78 is 5.90. The summed E-state index contributed by atoms with van der Waals surface area (Å²) in [7, 11) is 0. The van der Waals surface area contributed by atoms with Crippen molar-refractivity contribution in [1.82, 2.24) is 9.97 Å². The van der Waals surface area contributed by atoms with Gasteiger partial charge in [0.05, 0.1) is 5.56 Å². The van der Waals surface area contributed by atoms with E-state index in [2.05, 4.69) is 31.2 Å². The lowest BCUT2D eigenvalue weighted by Gasteiger charge is -2.05. The summed E-state index contributed by atoms with van der Waals surface area (Å²) in [6, 6.07) is 8.74. The quantitative estimate of drug-likeness (QED) is 0.729. The number of aromatic nitrogens is 2. The summed E-state index contributed by atoms with van der Waals surface area (Å²) in [5, 5.41) is 2.81. The second-order valence-electron chi connectivity index (χ2n) is 4.21. The maximum Gasteiger partial charge on any atom is 0.258 e. The summed E-state index contributed by atoms with van der Waals surface area (Å²) in [5.74, 6) is 0.364. The Kier molecular flexibility index (Phi) is 3.23. The van der Waals surface area contributed by atoms with Crippen molar-refractivity contribution in [2.24, 2.45) is 0 Å². The van der Waals surface area contributed by atoms with Crippen LogP contribution >= 0.6 is 15.9 Å². The van der Waals surface area contributed by atoms with Gasteiger partial charge in [0.2, 0.25) is 0 Å². The zero-order chi connectivity index (χ0) is 14.1. The van der Waals surface area contributed by atoms with E-state index in [0.29, 0.717) is 32.8 Å². The lowest BCUT2D eigenvalue weighted by Crippen LogP contribution is -2.12. The number of hydrogen-bond donors (Lipinski definition) is 1. The van der Waals surface area contributed by atoms with Crippen LogP contribution in [0.4, 0.5) is 5.69 Å². The highest BCUT2D eigenvalue weighted by molar-refractivity contribution is 9.10. The van der Waals surface area contributed by atoms with Crippen LogP contribution in [0.2, 0.25) is 0 Å². The number of carbonyl (C=O) groups is 1. The maximum absolute atomic E-state index is 12.2. The zero-order valence-electron chi connectivity index (χ0n) is 10.6. The average molecular weight is 332 g/mol. The van der Waals surface area contributed by atoms with E-state index in [0.717, 1.165) is 0 Å². The van der Waals surface area contributed by atoms with Crippen molar-refractivity contribution in [3.63, 3.8) is 0 Å². The average Bonchev–Trinajstić information content (AvgIpc) is 2.78. The maximum atomic E-state index is 12.2. The van der Waals surface area contributed by atoms with E-state index < -0.39 is 0 Å². The molecule has 100 valence electrons. The Bertz CT molecular complexity index is 798. The molecule has 0 radical (unpaired) electrons. The van der Waals surface area contributed by atoms with Crippen LogP contribution in [-0.2, 0) is 0 Å². The molecular formula is C14H10BrN3O2. The molecule has 0 bridgehead atoms. The molecule has 6 heteroatoms. The molecule has 0 fully saturated rings. The summed E-state index contributed by atoms with van der Waals surface area (Å²) >= 11 is 3.25. The minimum absolute atomic E-state index is 0.232. The SMILES string of the molecule is Cc1nc2cc(NC(=O)c3cccnc3Br)ccc2o1. The van der Waals surface area contributed by atoms with Gasteiger partial charge in [-0.05, 0) is 46.3 Å². The van der Waals surface area contributed by atoms with Crippen molar-refractivity contribution in [3.05, 3.63) is 52.6 Å². The molecule has 0 saturated carbocycles. The highest BCUT2D eigenvalue weighted by Crippen LogP contribution is 2.21. The van der Waals surface area contributed by atoms with E-state index in [4.69, 9.17) is 4.42 Å². The fourth-order valence-electron chi connectivity index (χ4n) is 1.87. The van der Waals surface area contributed by atoms with Crippen molar-refractivity contribution < 1.29 is 9.21 Å². The highest BCUT2D eigenvalue weighted by Gasteiger charge is 2.11. The second-order valence-corrected chi connectivity index (χ2v) is 4.96. The Labute approximate surface area is 123 Å². The largest absolute Gasteiger partial charge is 0.441 e. The van der Waals surface area contributed by atoms with E-state index in [9.17, 15) is 4.79 Å². The van der Waals surface area contributed by atoms with E-state index in [-0.39, 0.29) is 5.91 Å². The van der Waals surface area contributed by atoms with Gasteiger partial charge < -0.3 is 9.73 Å². The summed E-state index contributed by atoms with van der Waals surface area (Å²) in [6.07, 6.45) is 1.62. The first-order valence-electron chi connectivity index (χ1n) is 5.92. The van der Waals surface area contributed by atoms with Crippen LogP contribution in [0.25, 0.3) is 11.1 Å². The molecule has 3 aromatic rings. The van der Waals surface area contributed by atoms with Gasteiger partial charge in [-0.25, -0.2) is 9.97 Å². The third kappa shape index (κ3) is 2.42. The number of fused-ring (bicyclic) bond motifs is 1. The van der Waals surface area contributed by atoms with Crippen LogP contribution in [0.3, 0.4) is 0 Å². The number of rotatable bonds is 2. The second kappa shape index (κ2) is 5.05. The van der Waals surface area contributed by atoms with Crippen LogP contribution in [0.15, 0.2) is 45.5 Å². The van der Waals surface area contributed by atoms with Gasteiger partial charge in [0.1, 0.15) is 10.1 Å². The fourth-order valence-corrected chi connectivity index (χ4v) is 2.30. The Morgan fingerprint density at radius 1 is 1.35 bits per heavy atom. The number of anilines is 1. The van der Waals surface area contributed by atoms with Gasteiger partial charge in [-0.15, -0.1) is 0 Å². The van der Waals surface area contributed by atoms with Crippen molar-refractivity contribution in [2.75, 3.05) is 5.32 Å². The van der Waals surface area contributed by atoms with Gasteiger partial charge >= 0.3 is 0 Å². The fraction of sp³-hybridized carbons (Fsp3) is 0.0714. The predicted molar refractivity (Wildman–Crippen MR) is 78.6 cm³/mol. The first-order chi connectivity index (χ1) is 9.63. The minimum Gasteiger partial charge on any atom is -0.441 e. The molecule has 2 heterocycles. The van der Waals surface area contributed by atoms with Gasteiger partial charge in [-0.1, -0.05) is 0 Å². The van der Waals surface area contributed by atoms with Crippen molar-refractivity contribution in [1.29, 1.82) is 0 Å². The molecule has 1 N–H and O–H groups in total. The minimum atomic E-state index is -0.232. The number of hydrogen-bond acceptors (Lipinski definition) is 4. The van der Waals surface area contributed by atoms with Crippen LogP contribution in [0.1, 0.15) is 16.2 Å². The number of aryl methyl sites for hydroxylation is 1. The number of oxazole rings is 1. The first kappa shape index (κ1) is 12.8. The van der Waals surface area contributed by atoms with Gasteiger partial charge in [0.25, 0.3) is 5.91 Å². The third-order valence-corrected chi connectivity index (χ3v) is 3.39. The van der Waals surface area contributed by atoms with E-state index in [1.165, 1.54) is 0 Å². The number of nitrogens with one attached hydrogen (secondary N) is 1. The summed E-state index contributed by atoms with van der Waals surface area (Å²) in [5.41, 5.74) is 2.55. The zero-order valence-corrected chi connectivity index (χ0v) is 12.1. The Morgan fingerprint density at radius 2 is 2.20 bits per heavy atom. The molecule has 20 heavy (non-hydrogen) atoms. The molecule has 1 amide bonds. The number of amides is 1. The molecule has 5 nitrogen and oxygen atoms in total. The number of pyridine rings is 1.